The number of carbonyl (C=O) groups is 1. The second kappa shape index (κ2) is 6.17. The zero-order valence-corrected chi connectivity index (χ0v) is 13.5. The molecule has 0 atom stereocenters. The summed E-state index contributed by atoms with van der Waals surface area (Å²) in [7, 11) is 0. The van der Waals surface area contributed by atoms with E-state index in [4.69, 9.17) is 0 Å². The molecule has 0 saturated carbocycles. The Hall–Kier alpha value is -2.74. The van der Waals surface area contributed by atoms with Crippen LogP contribution in [0.1, 0.15) is 19.5 Å². The van der Waals surface area contributed by atoms with Gasteiger partial charge in [-0.2, -0.15) is 5.26 Å². The number of benzene rings is 1. The van der Waals surface area contributed by atoms with Crippen LogP contribution in [0.25, 0.3) is 11.3 Å². The number of aromatic amines is 1. The molecule has 23 heavy (non-hydrogen) atoms. The molecule has 1 fully saturated rings. The number of H-pyrrole nitrogens is 1. The molecular formula is C18H22N4O. The van der Waals surface area contributed by atoms with E-state index in [9.17, 15) is 10.1 Å². The maximum Gasteiger partial charge on any atom is 0.219 e. The molecule has 120 valence electrons. The number of nitrogens with one attached hydrogen (secondary N) is 1. The lowest BCUT2D eigenvalue weighted by atomic mass is 10.1. The van der Waals surface area contributed by atoms with E-state index >= 15 is 0 Å². The summed E-state index contributed by atoms with van der Waals surface area (Å²) in [6.07, 6.45) is 0. The molecule has 0 unspecified atom stereocenters. The fraction of sp³-hybridized carbons (Fsp3) is 0.333. The predicted octanol–water partition coefficient (Wildman–Crippen LogP) is 2.78. The van der Waals surface area contributed by atoms with Crippen LogP contribution in [-0.2, 0) is 4.79 Å². The molecule has 0 radical (unpaired) electrons. The van der Waals surface area contributed by atoms with Crippen LogP contribution >= 0.6 is 0 Å². The number of aromatic nitrogens is 1. The minimum absolute atomic E-state index is 0. The van der Waals surface area contributed by atoms with Gasteiger partial charge in [-0.05, 0) is 18.1 Å². The highest BCUT2D eigenvalue weighted by molar-refractivity contribution is 5.75. The number of rotatable bonds is 2. The Morgan fingerprint density at radius 2 is 1.87 bits per heavy atom. The van der Waals surface area contributed by atoms with Crippen molar-refractivity contribution in [3.05, 3.63) is 41.5 Å². The Kier molecular flexibility index (Phi) is 4.07. The van der Waals surface area contributed by atoms with E-state index in [0.29, 0.717) is 18.7 Å². The van der Waals surface area contributed by atoms with Crippen molar-refractivity contribution < 1.29 is 6.22 Å². The third kappa shape index (κ3) is 2.80. The van der Waals surface area contributed by atoms with Crippen LogP contribution < -0.4 is 4.90 Å². The summed E-state index contributed by atoms with van der Waals surface area (Å²) in [5.74, 6) is 0.977. The van der Waals surface area contributed by atoms with Gasteiger partial charge in [0.25, 0.3) is 0 Å². The van der Waals surface area contributed by atoms with E-state index in [1.807, 2.05) is 42.2 Å². The smallest absolute Gasteiger partial charge is 0.219 e. The zero-order chi connectivity index (χ0) is 16.4. The van der Waals surface area contributed by atoms with Gasteiger partial charge in [-0.25, -0.2) is 0 Å². The number of carbonyl (C=O) groups excluding carboxylic acids is 1. The molecule has 1 aliphatic rings. The lowest BCUT2D eigenvalue weighted by Gasteiger charge is -2.35. The first-order valence-electron chi connectivity index (χ1n) is 7.80. The molecule has 0 bridgehead atoms. The molecule has 5 heteroatoms. The van der Waals surface area contributed by atoms with Gasteiger partial charge in [0.15, 0.2) is 0 Å². The van der Waals surface area contributed by atoms with Gasteiger partial charge in [-0.15, -0.1) is 0 Å². The van der Waals surface area contributed by atoms with Crippen LogP contribution in [0.2, 0.25) is 0 Å². The number of amides is 1. The Morgan fingerprint density at radius 3 is 2.43 bits per heavy atom. The van der Waals surface area contributed by atoms with Gasteiger partial charge in [-0.3, -0.25) is 4.79 Å². The number of nitriles is 1. The molecule has 1 saturated heterocycles. The molecule has 1 aromatic heterocycles. The zero-order valence-electron chi connectivity index (χ0n) is 13.5. The van der Waals surface area contributed by atoms with Crippen molar-refractivity contribution in [3.63, 3.8) is 0 Å². The summed E-state index contributed by atoms with van der Waals surface area (Å²) in [5.41, 5.74) is 3.74. The molecule has 3 rings (SSSR count). The molecule has 2 heterocycles. The van der Waals surface area contributed by atoms with E-state index in [1.54, 1.807) is 6.92 Å². The van der Waals surface area contributed by atoms with E-state index in [1.165, 1.54) is 0 Å². The third-order valence-electron chi connectivity index (χ3n) is 4.45. The second-order valence-corrected chi connectivity index (χ2v) is 5.82. The van der Waals surface area contributed by atoms with Crippen molar-refractivity contribution in [2.45, 2.75) is 13.8 Å². The average Bonchev–Trinajstić information content (AvgIpc) is 2.92. The van der Waals surface area contributed by atoms with Gasteiger partial charge in [-0.1, -0.05) is 30.3 Å². The first-order chi connectivity index (χ1) is 11.1. The maximum absolute atomic E-state index is 11.5. The molecule has 1 N–H and O–H groups in total. The van der Waals surface area contributed by atoms with Crippen LogP contribution in [0.5, 0.6) is 0 Å². The van der Waals surface area contributed by atoms with Gasteiger partial charge < -0.3 is 14.8 Å². The van der Waals surface area contributed by atoms with E-state index in [-0.39, 0.29) is 7.33 Å². The minimum Gasteiger partial charge on any atom is -0.354 e. The standard InChI is InChI=1S/C18H20N4O.H2/c1-13-16(12-19)18(20-17(13)15-6-4-3-5-7-15)22-10-8-21(9-11-22)14(2)23;/h3-7,20H,8-11H2,1-2H3;1H. The molecule has 1 aliphatic heterocycles. The van der Waals surface area contributed by atoms with E-state index in [2.05, 4.69) is 16.0 Å². The van der Waals surface area contributed by atoms with Crippen LogP contribution in [0.15, 0.2) is 30.3 Å². The van der Waals surface area contributed by atoms with E-state index < -0.39 is 0 Å². The number of hydrogen-bond acceptors (Lipinski definition) is 3. The third-order valence-corrected chi connectivity index (χ3v) is 4.45. The van der Waals surface area contributed by atoms with Crippen molar-refractivity contribution in [1.82, 2.24) is 9.88 Å². The summed E-state index contributed by atoms with van der Waals surface area (Å²) in [5, 5.41) is 9.57. The van der Waals surface area contributed by atoms with Gasteiger partial charge >= 0.3 is 0 Å². The Balaban J connectivity index is 0.00000208. The lowest BCUT2D eigenvalue weighted by Crippen LogP contribution is -2.48. The number of hydrogen-bond donors (Lipinski definition) is 1. The highest BCUT2D eigenvalue weighted by Crippen LogP contribution is 2.32. The Bertz CT molecular complexity index is 755. The van der Waals surface area contributed by atoms with Gasteiger partial charge in [0.2, 0.25) is 5.91 Å². The van der Waals surface area contributed by atoms with Crippen molar-refractivity contribution in [1.29, 1.82) is 5.26 Å². The molecule has 0 aliphatic carbocycles. The highest BCUT2D eigenvalue weighted by atomic mass is 16.2. The monoisotopic (exact) mass is 310 g/mol. The summed E-state index contributed by atoms with van der Waals surface area (Å²) in [6.45, 7) is 6.44. The number of piperazine rings is 1. The second-order valence-electron chi connectivity index (χ2n) is 5.82. The molecule has 0 spiro atoms. The summed E-state index contributed by atoms with van der Waals surface area (Å²) < 4.78 is 0. The van der Waals surface area contributed by atoms with Gasteiger partial charge in [0, 0.05) is 34.5 Å². The summed E-state index contributed by atoms with van der Waals surface area (Å²) >= 11 is 0. The fourth-order valence-electron chi connectivity index (χ4n) is 3.09. The Morgan fingerprint density at radius 1 is 1.22 bits per heavy atom. The fourth-order valence-corrected chi connectivity index (χ4v) is 3.09. The number of anilines is 1. The van der Waals surface area contributed by atoms with Crippen LogP contribution in [0.4, 0.5) is 5.82 Å². The normalized spacial score (nSPS) is 14.7. The highest BCUT2D eigenvalue weighted by Gasteiger charge is 2.24. The maximum atomic E-state index is 11.5. The lowest BCUT2D eigenvalue weighted by molar-refractivity contribution is -0.129. The molecule has 1 amide bonds. The summed E-state index contributed by atoms with van der Waals surface area (Å²) in [4.78, 5) is 18.9. The molecule has 5 nitrogen and oxygen atoms in total. The van der Waals surface area contributed by atoms with Gasteiger partial charge in [0.1, 0.15) is 11.9 Å². The molecule has 2 aromatic rings. The van der Waals surface area contributed by atoms with Crippen molar-refractivity contribution in [2.75, 3.05) is 31.1 Å². The van der Waals surface area contributed by atoms with Crippen LogP contribution in [0.3, 0.4) is 0 Å². The molecule has 1 aromatic carbocycles. The van der Waals surface area contributed by atoms with E-state index in [0.717, 1.165) is 35.7 Å². The van der Waals surface area contributed by atoms with Crippen LogP contribution in [0, 0.1) is 18.3 Å². The number of nitrogens with zero attached hydrogens (tertiary/aromatic N) is 3. The topological polar surface area (TPSA) is 63.1 Å². The summed E-state index contributed by atoms with van der Waals surface area (Å²) in [6, 6.07) is 12.4. The largest absolute Gasteiger partial charge is 0.354 e. The van der Waals surface area contributed by atoms with Crippen molar-refractivity contribution in [2.24, 2.45) is 0 Å². The van der Waals surface area contributed by atoms with Gasteiger partial charge in [0.05, 0.1) is 11.3 Å². The van der Waals surface area contributed by atoms with Crippen molar-refractivity contribution >= 4 is 11.7 Å². The first kappa shape index (κ1) is 15.2. The van der Waals surface area contributed by atoms with Crippen LogP contribution in [-0.4, -0.2) is 42.0 Å². The van der Waals surface area contributed by atoms with Crippen molar-refractivity contribution in [3.8, 4) is 17.3 Å². The SMILES string of the molecule is CC(=O)N1CCN(c2[nH]c(-c3ccccc3)c(C)c2C#N)CC1.[HH]. The molecular weight excluding hydrogens is 288 g/mol. The quantitative estimate of drug-likeness (QED) is 0.927. The Labute approximate surface area is 137 Å². The minimum atomic E-state index is 0. The average molecular weight is 310 g/mol. The first-order valence-corrected chi connectivity index (χ1v) is 7.80. The predicted molar refractivity (Wildman–Crippen MR) is 92.3 cm³/mol.